The number of carbonyl (C=O) groups excluding carboxylic acids is 2. The van der Waals surface area contributed by atoms with E-state index in [1.165, 1.54) is 7.05 Å². The maximum Gasteiger partial charge on any atom is 0.418 e. The Bertz CT molecular complexity index is 206. The molecule has 0 aromatic rings. The molecule has 0 saturated carbocycles. The number of hydrogen-bond acceptors (Lipinski definition) is 4. The van der Waals surface area contributed by atoms with Crippen molar-refractivity contribution in [1.82, 2.24) is 4.90 Å². The lowest BCUT2D eigenvalue weighted by Gasteiger charge is -2.09. The Labute approximate surface area is 64.2 Å². The summed E-state index contributed by atoms with van der Waals surface area (Å²) in [5, 5.41) is 8.14. The molecule has 0 aliphatic carbocycles. The zero-order chi connectivity index (χ0) is 8.85. The fourth-order valence-corrected chi connectivity index (χ4v) is 0.371. The molecule has 0 N–H and O–H groups in total. The Kier molecular flexibility index (Phi) is 3.67. The van der Waals surface area contributed by atoms with E-state index < -0.39 is 12.1 Å². The highest BCUT2D eigenvalue weighted by Gasteiger charge is 2.10. The van der Waals surface area contributed by atoms with Crippen molar-refractivity contribution in [1.29, 1.82) is 5.26 Å². The van der Waals surface area contributed by atoms with E-state index in [4.69, 9.17) is 5.26 Å². The number of esters is 1. The third-order valence-corrected chi connectivity index (χ3v) is 0.851. The predicted molar refractivity (Wildman–Crippen MR) is 35.4 cm³/mol. The molecule has 0 radical (unpaired) electrons. The molecule has 0 bridgehead atoms. The van der Waals surface area contributed by atoms with Crippen LogP contribution < -0.4 is 0 Å². The summed E-state index contributed by atoms with van der Waals surface area (Å²) in [6.07, 6.45) is -0.806. The Morgan fingerprint density at radius 2 is 2.18 bits per heavy atom. The summed E-state index contributed by atoms with van der Waals surface area (Å²) >= 11 is 0. The van der Waals surface area contributed by atoms with Gasteiger partial charge in [0.2, 0.25) is 0 Å². The molecule has 11 heavy (non-hydrogen) atoms. The maximum atomic E-state index is 10.7. The van der Waals surface area contributed by atoms with E-state index in [2.05, 4.69) is 4.74 Å². The van der Waals surface area contributed by atoms with Crippen LogP contribution in [0.2, 0.25) is 0 Å². The first kappa shape index (κ1) is 9.43. The second-order valence-electron chi connectivity index (χ2n) is 1.87. The van der Waals surface area contributed by atoms with Crippen LogP contribution in [0.15, 0.2) is 0 Å². The van der Waals surface area contributed by atoms with Crippen molar-refractivity contribution >= 4 is 12.1 Å². The fraction of sp³-hybridized carbons (Fsp3) is 0.500. The molecule has 0 unspecified atom stereocenters. The van der Waals surface area contributed by atoms with Gasteiger partial charge in [0.15, 0.2) is 0 Å². The van der Waals surface area contributed by atoms with Crippen molar-refractivity contribution in [3.8, 4) is 6.07 Å². The quantitative estimate of drug-likeness (QED) is 0.307. The number of nitrogens with zero attached hydrogens (tertiary/aromatic N) is 2. The van der Waals surface area contributed by atoms with Gasteiger partial charge in [-0.2, -0.15) is 5.26 Å². The second-order valence-corrected chi connectivity index (χ2v) is 1.87. The summed E-state index contributed by atoms with van der Waals surface area (Å²) in [5.74, 6) is -0.681. The van der Waals surface area contributed by atoms with Crippen molar-refractivity contribution in [2.45, 2.75) is 6.92 Å². The third-order valence-electron chi connectivity index (χ3n) is 0.851. The van der Waals surface area contributed by atoms with Gasteiger partial charge in [-0.05, 0) is 0 Å². The monoisotopic (exact) mass is 156 g/mol. The largest absolute Gasteiger partial charge is 0.418 e. The molecule has 0 heterocycles. The lowest BCUT2D eigenvalue weighted by molar-refractivity contribution is -0.135. The summed E-state index contributed by atoms with van der Waals surface area (Å²) in [4.78, 5) is 21.9. The Balaban J connectivity index is 3.85. The summed E-state index contributed by atoms with van der Waals surface area (Å²) < 4.78 is 4.16. The lowest BCUT2D eigenvalue weighted by atomic mass is 10.6. The smallest absolute Gasteiger partial charge is 0.376 e. The third kappa shape index (κ3) is 3.92. The van der Waals surface area contributed by atoms with Crippen molar-refractivity contribution in [3.05, 3.63) is 0 Å². The standard InChI is InChI=1S/C6H8N2O3/c1-5(9)11-6(10)8(2)4-3-7/h4H2,1-2H3. The molecule has 0 fully saturated rings. The van der Waals surface area contributed by atoms with Gasteiger partial charge in [-0.3, -0.25) is 9.69 Å². The molecule has 1 amide bonds. The van der Waals surface area contributed by atoms with Gasteiger partial charge in [0.1, 0.15) is 6.54 Å². The number of hydrogen-bond donors (Lipinski definition) is 0. The Morgan fingerprint density at radius 3 is 2.55 bits per heavy atom. The molecule has 0 aliphatic rings. The average Bonchev–Trinajstić information content (AvgIpc) is 1.86. The molecule has 0 rings (SSSR count). The lowest BCUT2D eigenvalue weighted by Crippen LogP contribution is -2.28. The molecule has 0 atom stereocenters. The van der Waals surface area contributed by atoms with Crippen molar-refractivity contribution < 1.29 is 14.3 Å². The van der Waals surface area contributed by atoms with Crippen LogP contribution in [0.25, 0.3) is 0 Å². The van der Waals surface area contributed by atoms with Gasteiger partial charge in [-0.1, -0.05) is 0 Å². The van der Waals surface area contributed by atoms with Crippen LogP contribution in [0, 0.1) is 11.3 Å². The topological polar surface area (TPSA) is 70.4 Å². The zero-order valence-electron chi connectivity index (χ0n) is 6.33. The molecule has 0 spiro atoms. The number of ether oxygens (including phenoxy) is 1. The van der Waals surface area contributed by atoms with Gasteiger partial charge < -0.3 is 4.74 Å². The summed E-state index contributed by atoms with van der Waals surface area (Å²) in [6, 6.07) is 1.74. The van der Waals surface area contributed by atoms with Crippen LogP contribution in [-0.2, 0) is 9.53 Å². The van der Waals surface area contributed by atoms with Crippen LogP contribution in [0.5, 0.6) is 0 Å². The number of carbonyl (C=O) groups is 2. The van der Waals surface area contributed by atoms with Crippen LogP contribution in [0.3, 0.4) is 0 Å². The van der Waals surface area contributed by atoms with Gasteiger partial charge >= 0.3 is 12.1 Å². The average molecular weight is 156 g/mol. The van der Waals surface area contributed by atoms with E-state index in [1.807, 2.05) is 0 Å². The van der Waals surface area contributed by atoms with Gasteiger partial charge in [0.25, 0.3) is 0 Å². The fourth-order valence-electron chi connectivity index (χ4n) is 0.371. The van der Waals surface area contributed by atoms with Gasteiger partial charge in [-0.15, -0.1) is 0 Å². The molecule has 0 aromatic carbocycles. The molecule has 5 nitrogen and oxygen atoms in total. The first-order chi connectivity index (χ1) is 5.07. The van der Waals surface area contributed by atoms with Crippen molar-refractivity contribution in [3.63, 3.8) is 0 Å². The highest BCUT2D eigenvalue weighted by Crippen LogP contribution is 1.88. The summed E-state index contributed by atoms with van der Waals surface area (Å²) in [6.45, 7) is 1.03. The Morgan fingerprint density at radius 1 is 1.64 bits per heavy atom. The first-order valence-electron chi connectivity index (χ1n) is 2.88. The van der Waals surface area contributed by atoms with Crippen molar-refractivity contribution in [2.75, 3.05) is 13.6 Å². The van der Waals surface area contributed by atoms with Crippen LogP contribution in [0.4, 0.5) is 4.79 Å². The molecular formula is C6H8N2O3. The minimum Gasteiger partial charge on any atom is -0.376 e. The van der Waals surface area contributed by atoms with E-state index in [-0.39, 0.29) is 6.54 Å². The molecular weight excluding hydrogens is 148 g/mol. The van der Waals surface area contributed by atoms with E-state index in [9.17, 15) is 9.59 Å². The number of amides is 1. The normalized spacial score (nSPS) is 8.09. The summed E-state index contributed by atoms with van der Waals surface area (Å²) in [5.41, 5.74) is 0. The minimum absolute atomic E-state index is 0.0912. The molecule has 0 saturated heterocycles. The van der Waals surface area contributed by atoms with Gasteiger partial charge in [-0.25, -0.2) is 4.79 Å². The van der Waals surface area contributed by atoms with E-state index >= 15 is 0 Å². The minimum atomic E-state index is -0.806. The second kappa shape index (κ2) is 4.28. The highest BCUT2D eigenvalue weighted by atomic mass is 16.6. The number of nitriles is 1. The predicted octanol–water partition coefficient (Wildman–Crippen LogP) is 0.125. The maximum absolute atomic E-state index is 10.7. The van der Waals surface area contributed by atoms with E-state index in [1.54, 1.807) is 6.07 Å². The molecule has 0 aromatic heterocycles. The SMILES string of the molecule is CC(=O)OC(=O)N(C)CC#N. The number of rotatable bonds is 1. The van der Waals surface area contributed by atoms with Crippen LogP contribution in [-0.4, -0.2) is 30.6 Å². The molecule has 0 aliphatic heterocycles. The first-order valence-corrected chi connectivity index (χ1v) is 2.88. The van der Waals surface area contributed by atoms with Crippen LogP contribution >= 0.6 is 0 Å². The van der Waals surface area contributed by atoms with Gasteiger partial charge in [0.05, 0.1) is 6.07 Å². The van der Waals surface area contributed by atoms with E-state index in [0.717, 1.165) is 11.8 Å². The highest BCUT2D eigenvalue weighted by molar-refractivity contribution is 5.82. The molecule has 5 heteroatoms. The van der Waals surface area contributed by atoms with Crippen LogP contribution in [0.1, 0.15) is 6.92 Å². The van der Waals surface area contributed by atoms with Gasteiger partial charge in [0, 0.05) is 14.0 Å². The summed E-state index contributed by atoms with van der Waals surface area (Å²) in [7, 11) is 1.37. The zero-order valence-corrected chi connectivity index (χ0v) is 6.33. The van der Waals surface area contributed by atoms with E-state index in [0.29, 0.717) is 0 Å². The van der Waals surface area contributed by atoms with Crippen molar-refractivity contribution in [2.24, 2.45) is 0 Å². The molecule has 60 valence electrons. The Hall–Kier alpha value is -1.57.